The van der Waals surface area contributed by atoms with Crippen LogP contribution in [-0.4, -0.2) is 42.8 Å². The van der Waals surface area contributed by atoms with Crippen LogP contribution < -0.4 is 10.6 Å². The van der Waals surface area contributed by atoms with Gasteiger partial charge < -0.3 is 20.8 Å². The number of nitrogens with zero attached hydrogens (tertiary/aromatic N) is 1. The van der Waals surface area contributed by atoms with Crippen LogP contribution in [0.1, 0.15) is 10.4 Å². The third-order valence-corrected chi connectivity index (χ3v) is 3.43. The van der Waals surface area contributed by atoms with Crippen molar-refractivity contribution in [3.05, 3.63) is 48.0 Å². The SMILES string of the molecule is Nc1ccc(N(CCO)CCO)c(-c2cccc(C=O)c2)c1. The Morgan fingerprint density at radius 1 is 1.05 bits per heavy atom. The highest BCUT2D eigenvalue weighted by atomic mass is 16.3. The van der Waals surface area contributed by atoms with E-state index < -0.39 is 0 Å². The Labute approximate surface area is 129 Å². The van der Waals surface area contributed by atoms with Crippen LogP contribution in [-0.2, 0) is 0 Å². The molecular formula is C17H20N2O3. The lowest BCUT2D eigenvalue weighted by Crippen LogP contribution is -2.30. The zero-order chi connectivity index (χ0) is 15.9. The molecule has 0 heterocycles. The van der Waals surface area contributed by atoms with Crippen LogP contribution in [0.25, 0.3) is 11.1 Å². The van der Waals surface area contributed by atoms with Crippen molar-refractivity contribution in [3.8, 4) is 11.1 Å². The van der Waals surface area contributed by atoms with Crippen LogP contribution in [0.4, 0.5) is 11.4 Å². The predicted octanol–water partition coefficient (Wildman–Crippen LogP) is 1.54. The molecule has 0 unspecified atom stereocenters. The van der Waals surface area contributed by atoms with Gasteiger partial charge in [0.05, 0.1) is 13.2 Å². The molecule has 0 spiro atoms. The van der Waals surface area contributed by atoms with Crippen LogP contribution in [0.15, 0.2) is 42.5 Å². The monoisotopic (exact) mass is 300 g/mol. The van der Waals surface area contributed by atoms with Gasteiger partial charge in [-0.1, -0.05) is 18.2 Å². The Hall–Kier alpha value is -2.37. The van der Waals surface area contributed by atoms with Crippen molar-refractivity contribution in [2.24, 2.45) is 0 Å². The van der Waals surface area contributed by atoms with Crippen molar-refractivity contribution in [2.45, 2.75) is 0 Å². The lowest BCUT2D eigenvalue weighted by molar-refractivity contribution is 0.112. The summed E-state index contributed by atoms with van der Waals surface area (Å²) in [5.41, 5.74) is 9.69. The summed E-state index contributed by atoms with van der Waals surface area (Å²) in [7, 11) is 0. The largest absolute Gasteiger partial charge is 0.399 e. The molecule has 5 nitrogen and oxygen atoms in total. The maximum absolute atomic E-state index is 11.0. The molecule has 4 N–H and O–H groups in total. The average molecular weight is 300 g/mol. The summed E-state index contributed by atoms with van der Waals surface area (Å²) < 4.78 is 0. The predicted molar refractivity (Wildman–Crippen MR) is 88.1 cm³/mol. The van der Waals surface area contributed by atoms with E-state index in [1.165, 1.54) is 0 Å². The number of hydrogen-bond donors (Lipinski definition) is 3. The quantitative estimate of drug-likeness (QED) is 0.533. The molecule has 0 aliphatic carbocycles. The second-order valence-electron chi connectivity index (χ2n) is 4.95. The first-order chi connectivity index (χ1) is 10.7. The zero-order valence-electron chi connectivity index (χ0n) is 12.3. The molecular weight excluding hydrogens is 280 g/mol. The number of rotatable bonds is 7. The number of aldehydes is 1. The van der Waals surface area contributed by atoms with Gasteiger partial charge in [-0.25, -0.2) is 0 Å². The number of aliphatic hydroxyl groups is 2. The van der Waals surface area contributed by atoms with E-state index in [1.807, 2.05) is 29.2 Å². The minimum Gasteiger partial charge on any atom is -0.399 e. The van der Waals surface area contributed by atoms with Crippen molar-refractivity contribution in [1.82, 2.24) is 0 Å². The normalized spacial score (nSPS) is 10.5. The van der Waals surface area contributed by atoms with E-state index in [0.29, 0.717) is 24.3 Å². The molecule has 5 heteroatoms. The first kappa shape index (κ1) is 16.0. The Bertz CT molecular complexity index is 638. The van der Waals surface area contributed by atoms with Crippen LogP contribution in [0.5, 0.6) is 0 Å². The summed E-state index contributed by atoms with van der Waals surface area (Å²) in [4.78, 5) is 12.9. The van der Waals surface area contributed by atoms with Crippen molar-refractivity contribution in [2.75, 3.05) is 36.9 Å². The van der Waals surface area contributed by atoms with Crippen molar-refractivity contribution in [1.29, 1.82) is 0 Å². The third-order valence-electron chi connectivity index (χ3n) is 3.43. The van der Waals surface area contributed by atoms with Gasteiger partial charge in [0.15, 0.2) is 0 Å². The number of carbonyl (C=O) groups excluding carboxylic acids is 1. The molecule has 2 aromatic rings. The fraction of sp³-hybridized carbons (Fsp3) is 0.235. The van der Waals surface area contributed by atoms with E-state index >= 15 is 0 Å². The number of nitrogens with two attached hydrogens (primary N) is 1. The van der Waals surface area contributed by atoms with Crippen molar-refractivity contribution >= 4 is 17.7 Å². The van der Waals surface area contributed by atoms with Gasteiger partial charge in [-0.2, -0.15) is 0 Å². The molecule has 0 saturated heterocycles. The molecule has 0 amide bonds. The molecule has 2 aromatic carbocycles. The first-order valence-electron chi connectivity index (χ1n) is 7.11. The molecule has 0 bridgehead atoms. The molecule has 0 aliphatic heterocycles. The van der Waals surface area contributed by atoms with Crippen LogP contribution in [0.3, 0.4) is 0 Å². The Balaban J connectivity index is 2.52. The Kier molecular flexibility index (Phi) is 5.52. The summed E-state index contributed by atoms with van der Waals surface area (Å²) >= 11 is 0. The molecule has 0 aliphatic rings. The van der Waals surface area contributed by atoms with Gasteiger partial charge in [0.2, 0.25) is 0 Å². The van der Waals surface area contributed by atoms with Gasteiger partial charge in [0.25, 0.3) is 0 Å². The third kappa shape index (κ3) is 3.63. The second-order valence-corrected chi connectivity index (χ2v) is 4.95. The van der Waals surface area contributed by atoms with E-state index in [9.17, 15) is 15.0 Å². The van der Waals surface area contributed by atoms with Gasteiger partial charge >= 0.3 is 0 Å². The highest BCUT2D eigenvalue weighted by Crippen LogP contribution is 2.33. The summed E-state index contributed by atoms with van der Waals surface area (Å²) in [6, 6.07) is 12.7. The number of carbonyl (C=O) groups is 1. The molecule has 0 atom stereocenters. The molecule has 0 aromatic heterocycles. The van der Waals surface area contributed by atoms with Gasteiger partial charge in [0, 0.05) is 35.6 Å². The smallest absolute Gasteiger partial charge is 0.150 e. The first-order valence-corrected chi connectivity index (χ1v) is 7.11. The number of hydrogen-bond acceptors (Lipinski definition) is 5. The number of nitrogen functional groups attached to an aromatic ring is 1. The summed E-state index contributed by atoms with van der Waals surface area (Å²) in [6.45, 7) is 0.784. The summed E-state index contributed by atoms with van der Waals surface area (Å²) in [5.74, 6) is 0. The van der Waals surface area contributed by atoms with Gasteiger partial charge in [-0.3, -0.25) is 4.79 Å². The summed E-state index contributed by atoms with van der Waals surface area (Å²) in [5, 5.41) is 18.5. The van der Waals surface area contributed by atoms with Gasteiger partial charge in [0.1, 0.15) is 6.29 Å². The highest BCUT2D eigenvalue weighted by Gasteiger charge is 2.13. The number of anilines is 2. The van der Waals surface area contributed by atoms with E-state index in [2.05, 4.69) is 0 Å². The molecule has 0 saturated carbocycles. The van der Waals surface area contributed by atoms with Crippen LogP contribution >= 0.6 is 0 Å². The minimum absolute atomic E-state index is 0.0157. The van der Waals surface area contributed by atoms with E-state index in [-0.39, 0.29) is 13.2 Å². The maximum atomic E-state index is 11.0. The second kappa shape index (κ2) is 7.59. The standard InChI is InChI=1S/C17H20N2O3/c18-15-4-5-17(19(6-8-20)7-9-21)16(11-15)14-3-1-2-13(10-14)12-22/h1-5,10-12,20-21H,6-9,18H2. The number of aliphatic hydroxyl groups excluding tert-OH is 2. The fourth-order valence-corrected chi connectivity index (χ4v) is 2.43. The summed E-state index contributed by atoms with van der Waals surface area (Å²) in [6.07, 6.45) is 0.800. The fourth-order valence-electron chi connectivity index (χ4n) is 2.43. The van der Waals surface area contributed by atoms with Crippen LogP contribution in [0.2, 0.25) is 0 Å². The van der Waals surface area contributed by atoms with Crippen molar-refractivity contribution in [3.63, 3.8) is 0 Å². The van der Waals surface area contributed by atoms with Gasteiger partial charge in [-0.05, 0) is 29.8 Å². The minimum atomic E-state index is -0.0157. The zero-order valence-corrected chi connectivity index (χ0v) is 12.3. The lowest BCUT2D eigenvalue weighted by atomic mass is 10.00. The van der Waals surface area contributed by atoms with E-state index in [1.54, 1.807) is 18.2 Å². The van der Waals surface area contributed by atoms with Crippen LogP contribution in [0, 0.1) is 0 Å². The molecule has 116 valence electrons. The number of benzene rings is 2. The average Bonchev–Trinajstić information content (AvgIpc) is 2.55. The maximum Gasteiger partial charge on any atom is 0.150 e. The van der Waals surface area contributed by atoms with E-state index in [4.69, 9.17) is 5.73 Å². The molecule has 0 fully saturated rings. The highest BCUT2D eigenvalue weighted by molar-refractivity contribution is 5.85. The van der Waals surface area contributed by atoms with E-state index in [0.717, 1.165) is 23.1 Å². The van der Waals surface area contributed by atoms with Crippen molar-refractivity contribution < 1.29 is 15.0 Å². The molecule has 0 radical (unpaired) electrons. The lowest BCUT2D eigenvalue weighted by Gasteiger charge is -2.26. The Morgan fingerprint density at radius 3 is 2.41 bits per heavy atom. The molecule has 2 rings (SSSR count). The topological polar surface area (TPSA) is 86.8 Å². The van der Waals surface area contributed by atoms with Gasteiger partial charge in [-0.15, -0.1) is 0 Å². The Morgan fingerprint density at radius 2 is 1.77 bits per heavy atom. The molecule has 22 heavy (non-hydrogen) atoms.